The van der Waals surface area contributed by atoms with Gasteiger partial charge in [0.15, 0.2) is 0 Å². The molecule has 1 aromatic carbocycles. The molecule has 0 amide bonds. The lowest BCUT2D eigenvalue weighted by Gasteiger charge is -2.39. The Labute approximate surface area is 205 Å². The summed E-state index contributed by atoms with van der Waals surface area (Å²) >= 11 is 0. The summed E-state index contributed by atoms with van der Waals surface area (Å²) in [5, 5.41) is 13.8. The molecule has 1 saturated carbocycles. The number of nitrogens with one attached hydrogen (secondary N) is 1. The molecular weight excluding hydrogens is 443 g/mol. The molecule has 0 unspecified atom stereocenters. The van der Waals surface area contributed by atoms with Crippen LogP contribution in [0.1, 0.15) is 55.2 Å². The first-order valence-corrected chi connectivity index (χ1v) is 12.6. The lowest BCUT2D eigenvalue weighted by Crippen LogP contribution is -2.41. The molecule has 2 N–H and O–H groups in total. The summed E-state index contributed by atoms with van der Waals surface area (Å²) in [7, 11) is 2.07. The second-order valence-electron chi connectivity index (χ2n) is 10.4. The first-order valence-electron chi connectivity index (χ1n) is 12.6. The minimum atomic E-state index is -0.674. The Bertz CT molecular complexity index is 1230. The zero-order chi connectivity index (χ0) is 24.1. The summed E-state index contributed by atoms with van der Waals surface area (Å²) in [6, 6.07) is 3.75. The number of carbonyl (C=O) groups is 1. The molecule has 0 aromatic heterocycles. The molecule has 0 bridgehead atoms. The van der Waals surface area contributed by atoms with Gasteiger partial charge in [-0.3, -0.25) is 15.1 Å². The van der Waals surface area contributed by atoms with Crippen molar-refractivity contribution in [3.05, 3.63) is 69.8 Å². The van der Waals surface area contributed by atoms with Crippen LogP contribution in [-0.2, 0) is 4.79 Å². The fourth-order valence-electron chi connectivity index (χ4n) is 6.39. The average molecular weight is 475 g/mol. The van der Waals surface area contributed by atoms with Crippen molar-refractivity contribution in [1.29, 1.82) is 0 Å². The van der Waals surface area contributed by atoms with Crippen molar-refractivity contribution in [2.45, 2.75) is 44.6 Å². The van der Waals surface area contributed by atoms with Gasteiger partial charge in [0.05, 0.1) is 11.4 Å². The molecule has 6 nitrogen and oxygen atoms in total. The number of halogens is 1. The Morgan fingerprint density at radius 2 is 2.06 bits per heavy atom. The fourth-order valence-corrected chi connectivity index (χ4v) is 6.39. The third-order valence-corrected chi connectivity index (χ3v) is 8.14. The van der Waals surface area contributed by atoms with Crippen LogP contribution in [-0.4, -0.2) is 59.3 Å². The number of carboxylic acid groups (broad SMARTS) is 1. The highest BCUT2D eigenvalue weighted by atomic mass is 19.1. The number of allylic oxidation sites excluding steroid dienone is 2. The lowest BCUT2D eigenvalue weighted by atomic mass is 9.82. The maximum atomic E-state index is 14.5. The average Bonchev–Trinajstić information content (AvgIpc) is 3.18. The molecule has 3 heterocycles. The monoisotopic (exact) mass is 474 g/mol. The fraction of sp³-hybridized carbons (Fsp3) is 0.429. The van der Waals surface area contributed by atoms with Crippen molar-refractivity contribution >= 4 is 23.3 Å². The quantitative estimate of drug-likeness (QED) is 0.679. The minimum absolute atomic E-state index is 0.229. The van der Waals surface area contributed by atoms with E-state index in [2.05, 4.69) is 34.5 Å². The van der Waals surface area contributed by atoms with E-state index in [0.717, 1.165) is 85.4 Å². The first-order chi connectivity index (χ1) is 17.0. The summed E-state index contributed by atoms with van der Waals surface area (Å²) in [5.41, 5.74) is 11.5. The van der Waals surface area contributed by atoms with Gasteiger partial charge in [0.25, 0.3) is 0 Å². The molecule has 5 aliphatic rings. The van der Waals surface area contributed by atoms with Crippen LogP contribution in [0.5, 0.6) is 0 Å². The topological polar surface area (TPSA) is 68.2 Å². The summed E-state index contributed by atoms with van der Waals surface area (Å²) in [5.74, 6) is -0.574. The van der Waals surface area contributed by atoms with Crippen molar-refractivity contribution in [3.63, 3.8) is 0 Å². The summed E-state index contributed by atoms with van der Waals surface area (Å²) in [6.45, 7) is 2.71. The van der Waals surface area contributed by atoms with Gasteiger partial charge in [-0.25, -0.2) is 4.39 Å². The maximum Gasteiger partial charge on any atom is 0.303 e. The lowest BCUT2D eigenvalue weighted by molar-refractivity contribution is -0.138. The van der Waals surface area contributed by atoms with Crippen molar-refractivity contribution in [2.75, 3.05) is 26.7 Å². The molecule has 7 heteroatoms. The molecular formula is C28H31FN4O2. The van der Waals surface area contributed by atoms with E-state index in [1.807, 2.05) is 12.2 Å². The number of carboxylic acids is 1. The van der Waals surface area contributed by atoms with Gasteiger partial charge in [-0.1, -0.05) is 12.2 Å². The Kier molecular flexibility index (Phi) is 5.60. The van der Waals surface area contributed by atoms with E-state index < -0.39 is 5.97 Å². The van der Waals surface area contributed by atoms with Crippen LogP contribution in [0.15, 0.2) is 52.4 Å². The highest BCUT2D eigenvalue weighted by Gasteiger charge is 2.32. The Morgan fingerprint density at radius 1 is 1.23 bits per heavy atom. The van der Waals surface area contributed by atoms with Gasteiger partial charge in [-0.05, 0) is 72.9 Å². The van der Waals surface area contributed by atoms with E-state index in [-0.39, 0.29) is 5.82 Å². The number of hydrazone groups is 1. The minimum Gasteiger partial charge on any atom is -0.481 e. The summed E-state index contributed by atoms with van der Waals surface area (Å²) in [6.07, 6.45) is 13.8. The molecule has 1 aromatic rings. The molecule has 0 atom stereocenters. The summed E-state index contributed by atoms with van der Waals surface area (Å²) < 4.78 is 14.5. The zero-order valence-electron chi connectivity index (χ0n) is 20.1. The largest absolute Gasteiger partial charge is 0.481 e. The van der Waals surface area contributed by atoms with E-state index in [0.29, 0.717) is 18.4 Å². The van der Waals surface area contributed by atoms with E-state index in [9.17, 15) is 9.18 Å². The molecule has 0 saturated heterocycles. The molecule has 2 aliphatic carbocycles. The highest BCUT2D eigenvalue weighted by molar-refractivity contribution is 6.20. The number of fused-ring (bicyclic) bond motifs is 2. The number of benzene rings is 1. The normalized spacial score (nSPS) is 25.8. The third-order valence-electron chi connectivity index (χ3n) is 8.14. The maximum absolute atomic E-state index is 14.5. The van der Waals surface area contributed by atoms with Crippen LogP contribution in [0.4, 0.5) is 4.39 Å². The van der Waals surface area contributed by atoms with Crippen molar-refractivity contribution in [1.82, 2.24) is 15.2 Å². The molecule has 0 spiro atoms. The Balaban J connectivity index is 1.25. The third kappa shape index (κ3) is 4.12. The van der Waals surface area contributed by atoms with E-state index >= 15 is 0 Å². The van der Waals surface area contributed by atoms with Gasteiger partial charge in [-0.15, -0.1) is 0 Å². The van der Waals surface area contributed by atoms with Crippen molar-refractivity contribution in [2.24, 2.45) is 11.0 Å². The molecule has 35 heavy (non-hydrogen) atoms. The van der Waals surface area contributed by atoms with Gasteiger partial charge in [0.2, 0.25) is 0 Å². The SMILES string of the molecule is CN1C=C2C(=C(C3=CCN([C@H]4CC[C@@H](CC(=O)O)CC4)CC3)C1)NN=C1C=Cc3cc(F)cc2c31. The van der Waals surface area contributed by atoms with Gasteiger partial charge < -0.3 is 10.0 Å². The predicted molar refractivity (Wildman–Crippen MR) is 135 cm³/mol. The standard InChI is InChI=1S/C28H31FN4O2/c1-32-15-23(18-8-10-33(11-9-18)21-5-2-17(3-6-21)12-26(34)35)28-24(16-32)22-14-20(29)13-19-4-7-25(27(19)22)30-31-28/h4,7-8,13-14,16-17,21,31H,2-3,5-6,9-12,15H2,1H3,(H,34,35)/t17-,21+. The molecule has 3 aliphatic heterocycles. The van der Waals surface area contributed by atoms with Gasteiger partial charge in [0, 0.05) is 62.1 Å². The van der Waals surface area contributed by atoms with Crippen LogP contribution in [0.3, 0.4) is 0 Å². The molecule has 1 fully saturated rings. The van der Waals surface area contributed by atoms with E-state index in [1.165, 1.54) is 11.1 Å². The van der Waals surface area contributed by atoms with Crippen LogP contribution < -0.4 is 5.43 Å². The van der Waals surface area contributed by atoms with E-state index in [1.54, 1.807) is 12.1 Å². The van der Waals surface area contributed by atoms with Crippen LogP contribution in [0.25, 0.3) is 11.6 Å². The van der Waals surface area contributed by atoms with Gasteiger partial charge >= 0.3 is 5.97 Å². The van der Waals surface area contributed by atoms with Gasteiger partial charge in [0.1, 0.15) is 5.82 Å². The second-order valence-corrected chi connectivity index (χ2v) is 10.4. The molecule has 182 valence electrons. The smallest absolute Gasteiger partial charge is 0.303 e. The predicted octanol–water partition coefficient (Wildman–Crippen LogP) is 4.37. The second kappa shape index (κ2) is 8.79. The number of rotatable bonds is 4. The van der Waals surface area contributed by atoms with Crippen molar-refractivity contribution < 1.29 is 14.3 Å². The zero-order valence-corrected chi connectivity index (χ0v) is 20.1. The Hall–Kier alpha value is -3.19. The Morgan fingerprint density at radius 3 is 2.80 bits per heavy atom. The number of likely N-dealkylation sites (N-methyl/N-ethyl adjacent to an activating group) is 1. The van der Waals surface area contributed by atoms with Crippen LogP contribution >= 0.6 is 0 Å². The van der Waals surface area contributed by atoms with Crippen molar-refractivity contribution in [3.8, 4) is 0 Å². The summed E-state index contributed by atoms with van der Waals surface area (Å²) in [4.78, 5) is 15.8. The number of hydrogen-bond acceptors (Lipinski definition) is 5. The number of aliphatic carboxylic acids is 1. The highest BCUT2D eigenvalue weighted by Crippen LogP contribution is 2.40. The number of nitrogens with zero attached hydrogens (tertiary/aromatic N) is 3. The number of hydrogen-bond donors (Lipinski definition) is 2. The van der Waals surface area contributed by atoms with Crippen LogP contribution in [0.2, 0.25) is 0 Å². The van der Waals surface area contributed by atoms with Gasteiger partial charge in [-0.2, -0.15) is 5.10 Å². The molecule has 0 radical (unpaired) electrons. The molecule has 6 rings (SSSR count). The first kappa shape index (κ1) is 22.3. The van der Waals surface area contributed by atoms with Crippen LogP contribution in [0, 0.1) is 11.7 Å². The van der Waals surface area contributed by atoms with E-state index in [4.69, 9.17) is 10.2 Å².